The van der Waals surface area contributed by atoms with Crippen LogP contribution in [0.4, 0.5) is 0 Å². The van der Waals surface area contributed by atoms with Crippen molar-refractivity contribution in [2.24, 2.45) is 56.2 Å². The lowest BCUT2D eigenvalue weighted by Crippen LogP contribution is -2.68. The van der Waals surface area contributed by atoms with Gasteiger partial charge in [-0.25, -0.2) is 0 Å². The number of ether oxygens (including phenoxy) is 8. The summed E-state index contributed by atoms with van der Waals surface area (Å²) in [4.78, 5) is 54.5. The number of ketones is 2. The van der Waals surface area contributed by atoms with Crippen molar-refractivity contribution in [1.82, 2.24) is 0 Å². The van der Waals surface area contributed by atoms with E-state index in [-0.39, 0.29) is 58.4 Å². The van der Waals surface area contributed by atoms with Crippen molar-refractivity contribution >= 4 is 23.5 Å². The van der Waals surface area contributed by atoms with Gasteiger partial charge in [-0.1, -0.05) is 48.5 Å². The van der Waals surface area contributed by atoms with E-state index < -0.39 is 139 Å². The molecule has 0 aromatic heterocycles. The zero-order chi connectivity index (χ0) is 52.3. The molecule has 23 atom stereocenters. The maximum absolute atomic E-state index is 15.1. The SMILES string of the molecule is COC1=C[C@@H]2[C@@H]3CC(C)(C)C(=O)C[C@]3(C(=O)O[C@@H]3O[C@H](CO[C@@H]4O[C@H](COC(C)=O)[C@@H](O[C@@H]5O[C@@H](C)[C@H](O)[C@@H](O)[C@H]5O)[C@H](O)[C@H]4O)[C@@H](O)[C@H](O)[C@H]3O)CC[C@@]2(C)[C@]2(C)CC[C@H]3C(C)(C)C(=O)CC[C@]3(C)[C@@H]12. The van der Waals surface area contributed by atoms with Gasteiger partial charge in [-0.05, 0) is 85.5 Å². The number of hydrogen-bond acceptors (Lipinski definition) is 20. The van der Waals surface area contributed by atoms with Crippen molar-refractivity contribution in [2.75, 3.05) is 20.3 Å². The highest BCUT2D eigenvalue weighted by molar-refractivity contribution is 5.92. The summed E-state index contributed by atoms with van der Waals surface area (Å²) >= 11 is 0. The fourth-order valence-electron chi connectivity index (χ4n) is 15.0. The van der Waals surface area contributed by atoms with Crippen molar-refractivity contribution in [3.8, 4) is 0 Å². The molecule has 3 heterocycles. The summed E-state index contributed by atoms with van der Waals surface area (Å²) in [6.07, 6.45) is -19.2. The Hall–Kier alpha value is -2.70. The molecule has 71 heavy (non-hydrogen) atoms. The Morgan fingerprint density at radius 2 is 1.34 bits per heavy atom. The second-order valence-electron chi connectivity index (χ2n) is 24.1. The van der Waals surface area contributed by atoms with Crippen LogP contribution < -0.4 is 0 Å². The van der Waals surface area contributed by atoms with Crippen LogP contribution in [0, 0.1) is 56.2 Å². The predicted octanol–water partition coefficient (Wildman–Crippen LogP) is 0.956. The molecule has 20 heteroatoms. The van der Waals surface area contributed by atoms with Crippen LogP contribution in [0.5, 0.6) is 0 Å². The first-order valence-corrected chi connectivity index (χ1v) is 25.4. The van der Waals surface area contributed by atoms with Gasteiger partial charge in [-0.3, -0.25) is 19.2 Å². The minimum Gasteiger partial charge on any atom is -0.501 e. The average molecular weight is 1010 g/mol. The lowest BCUT2D eigenvalue weighted by molar-refractivity contribution is -0.361. The fourth-order valence-corrected chi connectivity index (χ4v) is 15.0. The molecular weight excluding hydrogens is 933 g/mol. The van der Waals surface area contributed by atoms with Gasteiger partial charge in [0.15, 0.2) is 12.6 Å². The lowest BCUT2D eigenvalue weighted by atomic mass is 9.32. The molecule has 5 aliphatic carbocycles. The maximum atomic E-state index is 15.1. The molecule has 0 aromatic rings. The molecule has 0 amide bonds. The molecule has 0 unspecified atom stereocenters. The highest BCUT2D eigenvalue weighted by Crippen LogP contribution is 2.76. The van der Waals surface area contributed by atoms with Crippen LogP contribution in [0.3, 0.4) is 0 Å². The summed E-state index contributed by atoms with van der Waals surface area (Å²) in [6, 6.07) is 0. The number of carbonyl (C=O) groups is 4. The van der Waals surface area contributed by atoms with Gasteiger partial charge in [0.2, 0.25) is 6.29 Å². The fraction of sp³-hybridized carbons (Fsp3) is 0.882. The van der Waals surface area contributed by atoms with Crippen LogP contribution in [-0.4, -0.2) is 177 Å². The molecule has 4 saturated carbocycles. The zero-order valence-electron chi connectivity index (χ0n) is 42.6. The number of allylic oxidation sites excluding steroid dienone is 2. The van der Waals surface area contributed by atoms with Crippen LogP contribution in [0.15, 0.2) is 11.8 Å². The van der Waals surface area contributed by atoms with E-state index in [1.165, 1.54) is 6.92 Å². The minimum atomic E-state index is -1.95. The van der Waals surface area contributed by atoms with Gasteiger partial charge in [-0.2, -0.15) is 0 Å². The summed E-state index contributed by atoms with van der Waals surface area (Å²) in [5, 5.41) is 87.3. The number of fused-ring (bicyclic) bond motifs is 7. The quantitative estimate of drug-likeness (QED) is 0.141. The van der Waals surface area contributed by atoms with Gasteiger partial charge in [0.25, 0.3) is 0 Å². The third kappa shape index (κ3) is 8.73. The van der Waals surface area contributed by atoms with Crippen LogP contribution >= 0.6 is 0 Å². The normalized spacial score (nSPS) is 50.3. The molecule has 0 bridgehead atoms. The summed E-state index contributed by atoms with van der Waals surface area (Å²) in [5.74, 6) is -1.14. The van der Waals surface area contributed by atoms with Crippen molar-refractivity contribution in [3.05, 3.63) is 11.8 Å². The maximum Gasteiger partial charge on any atom is 0.315 e. The summed E-state index contributed by atoms with van der Waals surface area (Å²) in [7, 11) is 1.68. The Kier molecular flexibility index (Phi) is 14.7. The topological polar surface area (TPSA) is 304 Å². The molecule has 20 nitrogen and oxygen atoms in total. The first kappa shape index (κ1) is 54.6. The van der Waals surface area contributed by atoms with E-state index in [0.717, 1.165) is 31.9 Å². The molecule has 7 fully saturated rings. The second kappa shape index (κ2) is 19.1. The molecule has 8 N–H and O–H groups in total. The standard InChI is InChI=1S/C51H78O20/c1-22-32(55)34(57)37(60)43(67-22)70-40-28(21-65-23(2)52)69-42(39(62)36(40)59)66-20-27-33(56)35(58)38(61)44(68-27)71-45(63)51-16-15-49(8)24(25(51)18-46(3,4)31(54)19-51)17-26(64-10)41-48(7)13-12-30(53)47(5,6)29(48)11-14-50(41,49)9/h17,22,24-25,27-29,32-44,55-62H,11-16,18-21H2,1-10H3/t22-,24+,25-,27+,28+,29-,32-,33+,34+,35-,36+,37+,38+,39+,40+,41+,42+,43-,44-,48-,49+,50+,51+/m0/s1. The molecule has 0 spiro atoms. The van der Waals surface area contributed by atoms with Crippen LogP contribution in [0.1, 0.15) is 114 Å². The van der Waals surface area contributed by atoms with Gasteiger partial charge < -0.3 is 78.7 Å². The van der Waals surface area contributed by atoms with E-state index in [0.29, 0.717) is 19.3 Å². The van der Waals surface area contributed by atoms with Gasteiger partial charge in [0, 0.05) is 36.5 Å². The number of carbonyl (C=O) groups excluding carboxylic acids is 4. The van der Waals surface area contributed by atoms with Crippen LogP contribution in [-0.2, 0) is 57.1 Å². The summed E-state index contributed by atoms with van der Waals surface area (Å²) in [5.41, 5.74) is -3.63. The molecule has 3 aliphatic heterocycles. The van der Waals surface area contributed by atoms with Crippen molar-refractivity contribution in [3.63, 3.8) is 0 Å². The third-order valence-corrected chi connectivity index (χ3v) is 19.5. The average Bonchev–Trinajstić information content (AvgIpc) is 3.30. The highest BCUT2D eigenvalue weighted by Gasteiger charge is 2.73. The lowest BCUT2D eigenvalue weighted by Gasteiger charge is -2.71. The molecular formula is C51H78O20. The molecule has 402 valence electrons. The van der Waals surface area contributed by atoms with E-state index in [9.17, 15) is 55.2 Å². The van der Waals surface area contributed by atoms with Gasteiger partial charge in [-0.15, -0.1) is 0 Å². The molecule has 8 aliphatic rings. The van der Waals surface area contributed by atoms with Gasteiger partial charge in [0.05, 0.1) is 31.0 Å². The Morgan fingerprint density at radius 1 is 0.704 bits per heavy atom. The minimum absolute atomic E-state index is 0.0132. The van der Waals surface area contributed by atoms with E-state index in [1.807, 2.05) is 13.8 Å². The Morgan fingerprint density at radius 3 is 2.00 bits per heavy atom. The smallest absolute Gasteiger partial charge is 0.315 e. The van der Waals surface area contributed by atoms with Gasteiger partial charge in [0.1, 0.15) is 85.3 Å². The Balaban J connectivity index is 1.02. The largest absolute Gasteiger partial charge is 0.501 e. The highest BCUT2D eigenvalue weighted by atomic mass is 16.8. The van der Waals surface area contributed by atoms with Crippen molar-refractivity contribution < 1.29 is 97.9 Å². The molecule has 3 saturated heterocycles. The number of methoxy groups -OCH3 is 1. The molecule has 0 aromatic carbocycles. The Labute approximate surface area is 414 Å². The number of esters is 2. The van der Waals surface area contributed by atoms with E-state index >= 15 is 4.79 Å². The Bertz CT molecular complexity index is 2080. The number of Topliss-reactive ketones (excluding diaryl/α,β-unsaturated/α-hetero) is 2. The summed E-state index contributed by atoms with van der Waals surface area (Å²) < 4.78 is 46.6. The van der Waals surface area contributed by atoms with E-state index in [1.54, 1.807) is 7.11 Å². The zero-order valence-corrected chi connectivity index (χ0v) is 42.6. The summed E-state index contributed by atoms with van der Waals surface area (Å²) in [6.45, 7) is 16.2. The van der Waals surface area contributed by atoms with Crippen molar-refractivity contribution in [1.29, 1.82) is 0 Å². The van der Waals surface area contributed by atoms with E-state index in [4.69, 9.17) is 37.9 Å². The van der Waals surface area contributed by atoms with Crippen LogP contribution in [0.2, 0.25) is 0 Å². The van der Waals surface area contributed by atoms with E-state index in [2.05, 4.69) is 40.7 Å². The number of hydrogen-bond donors (Lipinski definition) is 8. The number of rotatable bonds is 10. The van der Waals surface area contributed by atoms with Crippen molar-refractivity contribution in [2.45, 2.75) is 206 Å². The second-order valence-corrected chi connectivity index (χ2v) is 24.1. The monoisotopic (exact) mass is 1010 g/mol. The molecule has 0 radical (unpaired) electrons. The molecule has 8 rings (SSSR count). The third-order valence-electron chi connectivity index (χ3n) is 19.5. The first-order chi connectivity index (χ1) is 33.0. The predicted molar refractivity (Wildman–Crippen MR) is 244 cm³/mol. The number of aliphatic hydroxyl groups excluding tert-OH is 8. The van der Waals surface area contributed by atoms with Gasteiger partial charge >= 0.3 is 11.9 Å². The first-order valence-electron chi connectivity index (χ1n) is 25.4. The number of aliphatic hydroxyl groups is 8. The van der Waals surface area contributed by atoms with Crippen LogP contribution in [0.25, 0.3) is 0 Å².